The molecule has 0 aromatic carbocycles. The number of nitrogens with zero attached hydrogens (tertiary/aromatic N) is 2. The van der Waals surface area contributed by atoms with Gasteiger partial charge < -0.3 is 5.11 Å². The molecule has 5 nitrogen and oxygen atoms in total. The number of aromatic amines is 1. The van der Waals surface area contributed by atoms with Gasteiger partial charge in [-0.15, -0.1) is 0 Å². The van der Waals surface area contributed by atoms with Gasteiger partial charge in [0.05, 0.1) is 17.7 Å². The third-order valence-electron chi connectivity index (χ3n) is 3.61. The summed E-state index contributed by atoms with van der Waals surface area (Å²) in [5, 5.41) is 15.8. The molecule has 5 heteroatoms. The summed E-state index contributed by atoms with van der Waals surface area (Å²) < 4.78 is 0. The SMILES string of the molecule is CN1CCC(C(=O)O)C1(C)c1cn[nH]c1. The monoisotopic (exact) mass is 209 g/mol. The largest absolute Gasteiger partial charge is 0.481 e. The highest BCUT2D eigenvalue weighted by Crippen LogP contribution is 2.41. The number of H-pyrrole nitrogens is 1. The van der Waals surface area contributed by atoms with Gasteiger partial charge in [0.25, 0.3) is 0 Å². The van der Waals surface area contributed by atoms with Gasteiger partial charge in [-0.1, -0.05) is 0 Å². The van der Waals surface area contributed by atoms with Crippen LogP contribution in [0.5, 0.6) is 0 Å². The lowest BCUT2D eigenvalue weighted by molar-refractivity contribution is -0.144. The van der Waals surface area contributed by atoms with Crippen LogP contribution >= 0.6 is 0 Å². The van der Waals surface area contributed by atoms with E-state index in [1.54, 1.807) is 12.4 Å². The first-order valence-corrected chi connectivity index (χ1v) is 5.00. The van der Waals surface area contributed by atoms with E-state index in [1.165, 1.54) is 0 Å². The van der Waals surface area contributed by atoms with Crippen LogP contribution in [0.15, 0.2) is 12.4 Å². The predicted octanol–water partition coefficient (Wildman–Crippen LogP) is 0.661. The fourth-order valence-corrected chi connectivity index (χ4v) is 2.42. The summed E-state index contributed by atoms with van der Waals surface area (Å²) in [6.45, 7) is 2.77. The fourth-order valence-electron chi connectivity index (χ4n) is 2.42. The zero-order chi connectivity index (χ0) is 11.1. The van der Waals surface area contributed by atoms with E-state index in [1.807, 2.05) is 14.0 Å². The lowest BCUT2D eigenvalue weighted by Crippen LogP contribution is -2.42. The van der Waals surface area contributed by atoms with Crippen LogP contribution in [0.2, 0.25) is 0 Å². The summed E-state index contributed by atoms with van der Waals surface area (Å²) in [5.74, 6) is -1.09. The molecule has 1 saturated heterocycles. The first kappa shape index (κ1) is 10.2. The molecule has 0 aliphatic carbocycles. The Bertz CT molecular complexity index is 363. The molecule has 1 aliphatic heterocycles. The Labute approximate surface area is 88.1 Å². The van der Waals surface area contributed by atoms with Crippen molar-refractivity contribution in [2.24, 2.45) is 5.92 Å². The molecule has 1 aliphatic rings. The van der Waals surface area contributed by atoms with Gasteiger partial charge in [0.15, 0.2) is 0 Å². The average Bonchev–Trinajstić information content (AvgIpc) is 2.76. The quantitative estimate of drug-likeness (QED) is 0.750. The molecular formula is C10H15N3O2. The second-order valence-electron chi connectivity index (χ2n) is 4.24. The number of aromatic nitrogens is 2. The maximum absolute atomic E-state index is 11.2. The van der Waals surface area contributed by atoms with Crippen LogP contribution in [0.3, 0.4) is 0 Å². The number of hydrogen-bond acceptors (Lipinski definition) is 3. The van der Waals surface area contributed by atoms with Crippen LogP contribution in [0.25, 0.3) is 0 Å². The van der Waals surface area contributed by atoms with Crippen LogP contribution in [0, 0.1) is 5.92 Å². The van der Waals surface area contributed by atoms with E-state index in [9.17, 15) is 9.90 Å². The summed E-state index contributed by atoms with van der Waals surface area (Å²) in [6.07, 6.45) is 4.17. The van der Waals surface area contributed by atoms with Crippen molar-refractivity contribution < 1.29 is 9.90 Å². The zero-order valence-corrected chi connectivity index (χ0v) is 8.90. The Hall–Kier alpha value is -1.36. The minimum atomic E-state index is -0.733. The van der Waals surface area contributed by atoms with Crippen LogP contribution < -0.4 is 0 Å². The van der Waals surface area contributed by atoms with E-state index in [-0.39, 0.29) is 5.92 Å². The molecule has 2 N–H and O–H groups in total. The number of aliphatic carboxylic acids is 1. The lowest BCUT2D eigenvalue weighted by atomic mass is 9.82. The number of nitrogens with one attached hydrogen (secondary N) is 1. The van der Waals surface area contributed by atoms with E-state index in [4.69, 9.17) is 0 Å². The van der Waals surface area contributed by atoms with Crippen LogP contribution in [0.4, 0.5) is 0 Å². The Morgan fingerprint density at radius 1 is 1.80 bits per heavy atom. The van der Waals surface area contributed by atoms with Gasteiger partial charge >= 0.3 is 5.97 Å². The second kappa shape index (κ2) is 3.34. The molecule has 15 heavy (non-hydrogen) atoms. The maximum Gasteiger partial charge on any atom is 0.308 e. The predicted molar refractivity (Wildman–Crippen MR) is 54.3 cm³/mol. The van der Waals surface area contributed by atoms with Crippen molar-refractivity contribution in [3.05, 3.63) is 18.0 Å². The van der Waals surface area contributed by atoms with Gasteiger partial charge in [-0.3, -0.25) is 14.8 Å². The van der Waals surface area contributed by atoms with Crippen LogP contribution in [-0.4, -0.2) is 39.8 Å². The third-order valence-corrected chi connectivity index (χ3v) is 3.61. The Kier molecular flexibility index (Phi) is 2.26. The summed E-state index contributed by atoms with van der Waals surface area (Å²) >= 11 is 0. The van der Waals surface area contributed by atoms with Gasteiger partial charge in [0.2, 0.25) is 0 Å². The summed E-state index contributed by atoms with van der Waals surface area (Å²) in [6, 6.07) is 0. The lowest BCUT2D eigenvalue weighted by Gasteiger charge is -2.34. The molecule has 1 fully saturated rings. The molecule has 82 valence electrons. The minimum absolute atomic E-state index is 0.361. The van der Waals surface area contributed by atoms with E-state index >= 15 is 0 Å². The summed E-state index contributed by atoms with van der Waals surface area (Å²) in [7, 11) is 1.95. The fraction of sp³-hybridized carbons (Fsp3) is 0.600. The molecule has 2 unspecified atom stereocenters. The van der Waals surface area contributed by atoms with Crippen molar-refractivity contribution in [1.29, 1.82) is 0 Å². The Balaban J connectivity index is 2.42. The van der Waals surface area contributed by atoms with Gasteiger partial charge in [-0.2, -0.15) is 5.10 Å². The molecular weight excluding hydrogens is 194 g/mol. The smallest absolute Gasteiger partial charge is 0.308 e. The van der Waals surface area contributed by atoms with Crippen molar-refractivity contribution >= 4 is 5.97 Å². The number of rotatable bonds is 2. The number of hydrogen-bond donors (Lipinski definition) is 2. The normalized spacial score (nSPS) is 32.0. The van der Waals surface area contributed by atoms with Crippen molar-refractivity contribution in [3.8, 4) is 0 Å². The Morgan fingerprint density at radius 2 is 2.53 bits per heavy atom. The van der Waals surface area contributed by atoms with E-state index in [0.29, 0.717) is 6.42 Å². The summed E-state index contributed by atoms with van der Waals surface area (Å²) in [4.78, 5) is 13.3. The standard InChI is InChI=1S/C10H15N3O2/c1-10(7-5-11-12-6-7)8(9(14)15)3-4-13(10)2/h5-6,8H,3-4H2,1-2H3,(H,11,12)(H,14,15). The van der Waals surface area contributed by atoms with E-state index < -0.39 is 11.5 Å². The van der Waals surface area contributed by atoms with E-state index in [0.717, 1.165) is 12.1 Å². The van der Waals surface area contributed by atoms with Gasteiger partial charge in [-0.05, 0) is 26.9 Å². The molecule has 2 rings (SSSR count). The molecule has 2 atom stereocenters. The molecule has 2 heterocycles. The molecule has 0 saturated carbocycles. The van der Waals surface area contributed by atoms with Gasteiger partial charge in [0, 0.05) is 11.8 Å². The van der Waals surface area contributed by atoms with Crippen molar-refractivity contribution in [1.82, 2.24) is 15.1 Å². The van der Waals surface area contributed by atoms with Crippen molar-refractivity contribution in [3.63, 3.8) is 0 Å². The molecule has 1 aromatic rings. The average molecular weight is 209 g/mol. The van der Waals surface area contributed by atoms with Gasteiger partial charge in [-0.25, -0.2) is 0 Å². The highest BCUT2D eigenvalue weighted by molar-refractivity contribution is 5.72. The first-order valence-electron chi connectivity index (χ1n) is 5.00. The number of carboxylic acid groups (broad SMARTS) is 1. The van der Waals surface area contributed by atoms with E-state index in [2.05, 4.69) is 15.1 Å². The molecule has 0 spiro atoms. The number of likely N-dealkylation sites (tertiary alicyclic amines) is 1. The highest BCUT2D eigenvalue weighted by atomic mass is 16.4. The Morgan fingerprint density at radius 3 is 3.07 bits per heavy atom. The van der Waals surface area contributed by atoms with Crippen molar-refractivity contribution in [2.45, 2.75) is 18.9 Å². The zero-order valence-electron chi connectivity index (χ0n) is 8.90. The molecule has 0 bridgehead atoms. The first-order chi connectivity index (χ1) is 7.06. The molecule has 0 radical (unpaired) electrons. The minimum Gasteiger partial charge on any atom is -0.481 e. The third kappa shape index (κ3) is 1.34. The van der Waals surface area contributed by atoms with Crippen LogP contribution in [-0.2, 0) is 10.3 Å². The topological polar surface area (TPSA) is 69.2 Å². The highest BCUT2D eigenvalue weighted by Gasteiger charge is 2.48. The maximum atomic E-state index is 11.2. The molecule has 0 amide bonds. The second-order valence-corrected chi connectivity index (χ2v) is 4.24. The number of carboxylic acids is 1. The van der Waals surface area contributed by atoms with Crippen LogP contribution in [0.1, 0.15) is 18.9 Å². The molecule has 1 aromatic heterocycles. The van der Waals surface area contributed by atoms with Gasteiger partial charge in [0.1, 0.15) is 0 Å². The number of carbonyl (C=O) groups is 1. The summed E-state index contributed by atoms with van der Waals surface area (Å²) in [5.41, 5.74) is 0.494. The van der Waals surface area contributed by atoms with Crippen molar-refractivity contribution in [2.75, 3.05) is 13.6 Å².